The van der Waals surface area contributed by atoms with Crippen LogP contribution >= 0.6 is 0 Å². The van der Waals surface area contributed by atoms with Gasteiger partial charge in [-0.25, -0.2) is 0 Å². The lowest BCUT2D eigenvalue weighted by Gasteiger charge is -2.26. The summed E-state index contributed by atoms with van der Waals surface area (Å²) in [4.78, 5) is 5.06. The number of nitrogens with one attached hydrogen (secondary N) is 1. The molecule has 0 aromatic heterocycles. The van der Waals surface area contributed by atoms with Crippen molar-refractivity contribution in [3.05, 3.63) is 0 Å². The van der Waals surface area contributed by atoms with E-state index in [0.717, 1.165) is 19.0 Å². The van der Waals surface area contributed by atoms with Crippen molar-refractivity contribution in [2.45, 2.75) is 12.8 Å². The van der Waals surface area contributed by atoms with Crippen LogP contribution in [0.5, 0.6) is 0 Å². The second-order valence-electron chi connectivity index (χ2n) is 3.21. The van der Waals surface area contributed by atoms with Crippen LogP contribution in [0.15, 0.2) is 0 Å². The SMILES string of the molecule is CON(C)CC1CCCNC1. The highest BCUT2D eigenvalue weighted by Crippen LogP contribution is 2.10. The molecule has 1 fully saturated rings. The van der Waals surface area contributed by atoms with Gasteiger partial charge in [0.05, 0.1) is 7.11 Å². The molecule has 1 aliphatic rings. The fourth-order valence-corrected chi connectivity index (χ4v) is 1.52. The lowest BCUT2D eigenvalue weighted by molar-refractivity contribution is -0.119. The molecule has 1 rings (SSSR count). The number of nitrogens with zero attached hydrogens (tertiary/aromatic N) is 1. The maximum atomic E-state index is 5.06. The van der Waals surface area contributed by atoms with Crippen molar-refractivity contribution in [2.75, 3.05) is 33.8 Å². The Balaban J connectivity index is 2.13. The summed E-state index contributed by atoms with van der Waals surface area (Å²) in [6.07, 6.45) is 2.64. The van der Waals surface area contributed by atoms with Crippen LogP contribution in [0.4, 0.5) is 0 Å². The first-order valence-corrected chi connectivity index (χ1v) is 4.29. The zero-order valence-electron chi connectivity index (χ0n) is 7.47. The molecular formula is C8H18N2O. The number of rotatable bonds is 3. The summed E-state index contributed by atoms with van der Waals surface area (Å²) in [5.41, 5.74) is 0. The second-order valence-corrected chi connectivity index (χ2v) is 3.21. The van der Waals surface area contributed by atoms with E-state index in [4.69, 9.17) is 4.84 Å². The summed E-state index contributed by atoms with van der Waals surface area (Å²) in [6.45, 7) is 3.38. The second kappa shape index (κ2) is 4.70. The van der Waals surface area contributed by atoms with Gasteiger partial charge < -0.3 is 10.2 Å². The zero-order valence-corrected chi connectivity index (χ0v) is 7.47. The van der Waals surface area contributed by atoms with Crippen molar-refractivity contribution < 1.29 is 4.84 Å². The minimum atomic E-state index is 0.772. The summed E-state index contributed by atoms with van der Waals surface area (Å²) in [5, 5.41) is 5.28. The lowest BCUT2D eigenvalue weighted by Crippen LogP contribution is -2.36. The molecule has 1 saturated heterocycles. The van der Waals surface area contributed by atoms with Gasteiger partial charge in [-0.1, -0.05) is 0 Å². The first-order valence-electron chi connectivity index (χ1n) is 4.29. The maximum absolute atomic E-state index is 5.06. The molecule has 66 valence electrons. The molecule has 0 spiro atoms. The zero-order chi connectivity index (χ0) is 8.10. The number of hydroxylamine groups is 2. The van der Waals surface area contributed by atoms with Gasteiger partial charge in [0.2, 0.25) is 0 Å². The molecule has 3 heteroatoms. The van der Waals surface area contributed by atoms with Gasteiger partial charge >= 0.3 is 0 Å². The molecule has 1 atom stereocenters. The summed E-state index contributed by atoms with van der Waals surface area (Å²) in [5.74, 6) is 0.772. The molecule has 0 aromatic carbocycles. The Labute approximate surface area is 68.7 Å². The standard InChI is InChI=1S/C8H18N2O/c1-10(11-2)7-8-4-3-5-9-6-8/h8-9H,3-7H2,1-2H3. The first kappa shape index (κ1) is 8.97. The third-order valence-corrected chi connectivity index (χ3v) is 2.23. The molecule has 1 aliphatic heterocycles. The van der Waals surface area contributed by atoms with Crippen molar-refractivity contribution in [3.8, 4) is 0 Å². The van der Waals surface area contributed by atoms with E-state index in [-0.39, 0.29) is 0 Å². The summed E-state index contributed by atoms with van der Waals surface area (Å²) in [6, 6.07) is 0. The molecule has 0 bridgehead atoms. The van der Waals surface area contributed by atoms with Gasteiger partial charge in [0, 0.05) is 13.6 Å². The molecular weight excluding hydrogens is 140 g/mol. The quantitative estimate of drug-likeness (QED) is 0.605. The number of hydrogen-bond acceptors (Lipinski definition) is 3. The number of piperidine rings is 1. The molecule has 1 heterocycles. The van der Waals surface area contributed by atoms with Gasteiger partial charge in [-0.15, -0.1) is 0 Å². The Kier molecular flexibility index (Phi) is 3.83. The van der Waals surface area contributed by atoms with E-state index < -0.39 is 0 Å². The van der Waals surface area contributed by atoms with Gasteiger partial charge in [0.25, 0.3) is 0 Å². The first-order chi connectivity index (χ1) is 5.33. The van der Waals surface area contributed by atoms with Crippen LogP contribution in [0, 0.1) is 5.92 Å². The third-order valence-electron chi connectivity index (χ3n) is 2.23. The Morgan fingerprint density at radius 1 is 1.64 bits per heavy atom. The molecule has 3 nitrogen and oxygen atoms in total. The fourth-order valence-electron chi connectivity index (χ4n) is 1.52. The van der Waals surface area contributed by atoms with Crippen LogP contribution in [0.2, 0.25) is 0 Å². The Bertz CT molecular complexity index is 102. The van der Waals surface area contributed by atoms with E-state index in [1.165, 1.54) is 19.4 Å². The van der Waals surface area contributed by atoms with Gasteiger partial charge in [-0.3, -0.25) is 0 Å². The van der Waals surface area contributed by atoms with Gasteiger partial charge in [-0.2, -0.15) is 5.06 Å². The van der Waals surface area contributed by atoms with Crippen molar-refractivity contribution in [1.82, 2.24) is 10.4 Å². The Hall–Kier alpha value is -0.120. The largest absolute Gasteiger partial charge is 0.316 e. The van der Waals surface area contributed by atoms with Crippen LogP contribution in [0.1, 0.15) is 12.8 Å². The van der Waals surface area contributed by atoms with Crippen molar-refractivity contribution in [1.29, 1.82) is 0 Å². The lowest BCUT2D eigenvalue weighted by atomic mass is 10.00. The molecule has 0 radical (unpaired) electrons. The van der Waals surface area contributed by atoms with Crippen LogP contribution in [-0.4, -0.2) is 38.9 Å². The van der Waals surface area contributed by atoms with Crippen molar-refractivity contribution in [3.63, 3.8) is 0 Å². The molecule has 1 N–H and O–H groups in total. The fraction of sp³-hybridized carbons (Fsp3) is 1.00. The normalized spacial score (nSPS) is 25.9. The monoisotopic (exact) mass is 158 g/mol. The molecule has 0 saturated carbocycles. The predicted octanol–water partition coefficient (Wildman–Crippen LogP) is 0.479. The van der Waals surface area contributed by atoms with Gasteiger partial charge in [0.15, 0.2) is 0 Å². The molecule has 11 heavy (non-hydrogen) atoms. The highest BCUT2D eigenvalue weighted by atomic mass is 16.7. The van der Waals surface area contributed by atoms with Crippen molar-refractivity contribution in [2.24, 2.45) is 5.92 Å². The summed E-state index contributed by atoms with van der Waals surface area (Å²) < 4.78 is 0. The van der Waals surface area contributed by atoms with E-state index in [0.29, 0.717) is 0 Å². The molecule has 0 aromatic rings. The minimum Gasteiger partial charge on any atom is -0.316 e. The van der Waals surface area contributed by atoms with Crippen molar-refractivity contribution >= 4 is 0 Å². The van der Waals surface area contributed by atoms with Crippen LogP contribution in [-0.2, 0) is 4.84 Å². The van der Waals surface area contributed by atoms with Gasteiger partial charge in [-0.05, 0) is 31.8 Å². The Morgan fingerprint density at radius 3 is 3.00 bits per heavy atom. The maximum Gasteiger partial charge on any atom is 0.0575 e. The smallest absolute Gasteiger partial charge is 0.0575 e. The molecule has 0 aliphatic carbocycles. The van der Waals surface area contributed by atoms with Gasteiger partial charge in [0.1, 0.15) is 0 Å². The highest BCUT2D eigenvalue weighted by molar-refractivity contribution is 4.69. The van der Waals surface area contributed by atoms with E-state index in [1.54, 1.807) is 7.11 Å². The minimum absolute atomic E-state index is 0.772. The number of hydrogen-bond donors (Lipinski definition) is 1. The van der Waals surface area contributed by atoms with Crippen LogP contribution < -0.4 is 5.32 Å². The van der Waals surface area contributed by atoms with E-state index >= 15 is 0 Å². The molecule has 1 unspecified atom stereocenters. The molecule has 0 amide bonds. The average molecular weight is 158 g/mol. The summed E-state index contributed by atoms with van der Waals surface area (Å²) in [7, 11) is 3.70. The topological polar surface area (TPSA) is 24.5 Å². The third kappa shape index (κ3) is 3.18. The highest BCUT2D eigenvalue weighted by Gasteiger charge is 2.14. The van der Waals surface area contributed by atoms with E-state index in [1.807, 2.05) is 12.1 Å². The van der Waals surface area contributed by atoms with E-state index in [9.17, 15) is 0 Å². The summed E-state index contributed by atoms with van der Waals surface area (Å²) >= 11 is 0. The Morgan fingerprint density at radius 2 is 2.45 bits per heavy atom. The predicted molar refractivity (Wildman–Crippen MR) is 45.2 cm³/mol. The van der Waals surface area contributed by atoms with Crippen LogP contribution in [0.3, 0.4) is 0 Å². The average Bonchev–Trinajstić information content (AvgIpc) is 2.06. The van der Waals surface area contributed by atoms with E-state index in [2.05, 4.69) is 5.32 Å². The van der Waals surface area contributed by atoms with Crippen LogP contribution in [0.25, 0.3) is 0 Å².